The molecule has 98 valence electrons. The molecule has 2 rings (SSSR count). The largest absolute Gasteiger partial charge is 0.370 e. The predicted molar refractivity (Wildman–Crippen MR) is 81.0 cm³/mol. The van der Waals surface area contributed by atoms with Crippen LogP contribution in [0.15, 0.2) is 33.7 Å². The number of rotatable bonds is 4. The van der Waals surface area contributed by atoms with Gasteiger partial charge in [-0.1, -0.05) is 48.7 Å². The Hall–Kier alpha value is -1.03. The molecule has 0 aliphatic carbocycles. The van der Waals surface area contributed by atoms with Crippen LogP contribution >= 0.6 is 15.9 Å². The van der Waals surface area contributed by atoms with E-state index in [1.54, 1.807) is 0 Å². The summed E-state index contributed by atoms with van der Waals surface area (Å²) in [6.45, 7) is 5.29. The fourth-order valence-corrected chi connectivity index (χ4v) is 3.04. The van der Waals surface area contributed by atoms with Gasteiger partial charge >= 0.3 is 0 Å². The minimum atomic E-state index is 0.397. The van der Waals surface area contributed by atoms with Crippen LogP contribution in [-0.4, -0.2) is 18.5 Å². The highest BCUT2D eigenvalue weighted by Crippen LogP contribution is 2.29. The Bertz CT molecular complexity index is 440. The standard InChI is InChI=1S/C14H20BrN3/c1-3-10(4-2)13-9-17-14(16)18(13)12-7-5-6-11(15)8-12/h5-8,10,13H,3-4,9H2,1-2H3,(H2,16,17). The normalized spacial score (nSPS) is 19.4. The molecule has 0 radical (unpaired) electrons. The fraction of sp³-hybridized carbons (Fsp3) is 0.500. The third kappa shape index (κ3) is 2.53. The van der Waals surface area contributed by atoms with E-state index in [0.717, 1.165) is 29.5 Å². The van der Waals surface area contributed by atoms with Gasteiger partial charge in [-0.05, 0) is 24.1 Å². The Balaban J connectivity index is 2.30. The molecule has 1 atom stereocenters. The summed E-state index contributed by atoms with van der Waals surface area (Å²) in [5.74, 6) is 1.28. The molecule has 1 unspecified atom stereocenters. The molecular weight excluding hydrogens is 290 g/mol. The first-order chi connectivity index (χ1) is 8.67. The molecule has 0 saturated heterocycles. The van der Waals surface area contributed by atoms with Crippen LogP contribution < -0.4 is 10.6 Å². The van der Waals surface area contributed by atoms with E-state index >= 15 is 0 Å². The maximum atomic E-state index is 6.06. The molecular formula is C14H20BrN3. The predicted octanol–water partition coefficient (Wildman–Crippen LogP) is 3.39. The average molecular weight is 310 g/mol. The highest BCUT2D eigenvalue weighted by Gasteiger charge is 2.32. The van der Waals surface area contributed by atoms with E-state index in [4.69, 9.17) is 5.73 Å². The maximum absolute atomic E-state index is 6.06. The summed E-state index contributed by atoms with van der Waals surface area (Å²) < 4.78 is 1.07. The lowest BCUT2D eigenvalue weighted by molar-refractivity contribution is 0.412. The molecule has 0 bridgehead atoms. The van der Waals surface area contributed by atoms with E-state index in [1.165, 1.54) is 0 Å². The van der Waals surface area contributed by atoms with Crippen LogP contribution in [0.1, 0.15) is 26.7 Å². The second-order valence-corrected chi connectivity index (χ2v) is 5.61. The zero-order valence-electron chi connectivity index (χ0n) is 10.9. The molecule has 0 aromatic heterocycles. The molecule has 1 aliphatic rings. The van der Waals surface area contributed by atoms with Crippen molar-refractivity contribution in [3.8, 4) is 0 Å². The lowest BCUT2D eigenvalue weighted by atomic mass is 9.93. The number of anilines is 1. The first-order valence-electron chi connectivity index (χ1n) is 6.52. The van der Waals surface area contributed by atoms with Crippen molar-refractivity contribution in [3.05, 3.63) is 28.7 Å². The Morgan fingerprint density at radius 3 is 2.78 bits per heavy atom. The molecule has 0 saturated carbocycles. The second kappa shape index (κ2) is 5.74. The molecule has 2 N–H and O–H groups in total. The van der Waals surface area contributed by atoms with Crippen LogP contribution in [0, 0.1) is 5.92 Å². The molecule has 18 heavy (non-hydrogen) atoms. The van der Waals surface area contributed by atoms with E-state index in [0.29, 0.717) is 17.9 Å². The first kappa shape index (κ1) is 13.4. The van der Waals surface area contributed by atoms with E-state index in [9.17, 15) is 0 Å². The highest BCUT2D eigenvalue weighted by atomic mass is 79.9. The summed E-state index contributed by atoms with van der Waals surface area (Å²) in [6, 6.07) is 8.65. The van der Waals surface area contributed by atoms with Crippen molar-refractivity contribution in [2.75, 3.05) is 11.4 Å². The molecule has 1 aliphatic heterocycles. The van der Waals surface area contributed by atoms with E-state index in [1.807, 2.05) is 12.1 Å². The van der Waals surface area contributed by atoms with Crippen LogP contribution in [-0.2, 0) is 0 Å². The summed E-state index contributed by atoms with van der Waals surface area (Å²) in [6.07, 6.45) is 2.32. The Kier molecular flexibility index (Phi) is 4.27. The third-order valence-electron chi connectivity index (χ3n) is 3.70. The number of benzene rings is 1. The number of halogens is 1. The molecule has 3 nitrogen and oxygen atoms in total. The summed E-state index contributed by atoms with van der Waals surface area (Å²) >= 11 is 3.51. The number of aliphatic imine (C=N–C) groups is 1. The zero-order valence-corrected chi connectivity index (χ0v) is 12.5. The van der Waals surface area contributed by atoms with Crippen molar-refractivity contribution in [1.29, 1.82) is 0 Å². The fourth-order valence-electron chi connectivity index (χ4n) is 2.66. The molecule has 4 heteroatoms. The van der Waals surface area contributed by atoms with Crippen LogP contribution in [0.5, 0.6) is 0 Å². The third-order valence-corrected chi connectivity index (χ3v) is 4.19. The summed E-state index contributed by atoms with van der Waals surface area (Å²) in [5, 5.41) is 0. The van der Waals surface area contributed by atoms with Crippen molar-refractivity contribution in [2.24, 2.45) is 16.6 Å². The smallest absolute Gasteiger partial charge is 0.196 e. The van der Waals surface area contributed by atoms with Gasteiger partial charge < -0.3 is 10.6 Å². The molecule has 1 heterocycles. The quantitative estimate of drug-likeness (QED) is 0.926. The van der Waals surface area contributed by atoms with Gasteiger partial charge in [0, 0.05) is 10.2 Å². The van der Waals surface area contributed by atoms with Gasteiger partial charge in [0.05, 0.1) is 12.6 Å². The van der Waals surface area contributed by atoms with Gasteiger partial charge in [-0.25, -0.2) is 0 Å². The van der Waals surface area contributed by atoms with Gasteiger partial charge in [-0.15, -0.1) is 0 Å². The summed E-state index contributed by atoms with van der Waals surface area (Å²) in [7, 11) is 0. The van der Waals surface area contributed by atoms with Gasteiger partial charge in [0.1, 0.15) is 0 Å². The molecule has 0 amide bonds. The number of hydrogen-bond donors (Lipinski definition) is 1. The number of nitrogens with two attached hydrogens (primary N) is 1. The van der Waals surface area contributed by atoms with Gasteiger partial charge in [-0.3, -0.25) is 4.99 Å². The monoisotopic (exact) mass is 309 g/mol. The average Bonchev–Trinajstić information content (AvgIpc) is 2.73. The van der Waals surface area contributed by atoms with Crippen LogP contribution in [0.4, 0.5) is 5.69 Å². The molecule has 1 aromatic carbocycles. The van der Waals surface area contributed by atoms with Crippen molar-refractivity contribution < 1.29 is 0 Å². The van der Waals surface area contributed by atoms with Crippen LogP contribution in [0.3, 0.4) is 0 Å². The van der Waals surface area contributed by atoms with Crippen molar-refractivity contribution in [1.82, 2.24) is 0 Å². The lowest BCUT2D eigenvalue weighted by Crippen LogP contribution is -2.44. The Morgan fingerprint density at radius 1 is 1.44 bits per heavy atom. The molecule has 0 spiro atoms. The summed E-state index contributed by atoms with van der Waals surface area (Å²) in [4.78, 5) is 6.61. The SMILES string of the molecule is CCC(CC)C1CN=C(N)N1c1cccc(Br)c1. The highest BCUT2D eigenvalue weighted by molar-refractivity contribution is 9.10. The lowest BCUT2D eigenvalue weighted by Gasteiger charge is -2.31. The van der Waals surface area contributed by atoms with Crippen molar-refractivity contribution in [3.63, 3.8) is 0 Å². The van der Waals surface area contributed by atoms with E-state index in [-0.39, 0.29) is 0 Å². The van der Waals surface area contributed by atoms with E-state index < -0.39 is 0 Å². The molecule has 0 fully saturated rings. The number of hydrogen-bond acceptors (Lipinski definition) is 3. The van der Waals surface area contributed by atoms with E-state index in [2.05, 4.69) is 51.8 Å². The van der Waals surface area contributed by atoms with Crippen molar-refractivity contribution >= 4 is 27.6 Å². The van der Waals surface area contributed by atoms with Crippen LogP contribution in [0.2, 0.25) is 0 Å². The second-order valence-electron chi connectivity index (χ2n) is 4.69. The first-order valence-corrected chi connectivity index (χ1v) is 7.31. The minimum Gasteiger partial charge on any atom is -0.370 e. The maximum Gasteiger partial charge on any atom is 0.196 e. The van der Waals surface area contributed by atoms with Gasteiger partial charge in [0.25, 0.3) is 0 Å². The molecule has 1 aromatic rings. The van der Waals surface area contributed by atoms with Crippen molar-refractivity contribution in [2.45, 2.75) is 32.7 Å². The number of nitrogens with zero attached hydrogens (tertiary/aromatic N) is 2. The van der Waals surface area contributed by atoms with Gasteiger partial charge in [0.2, 0.25) is 0 Å². The Labute approximate surface area is 117 Å². The van der Waals surface area contributed by atoms with Gasteiger partial charge in [-0.2, -0.15) is 0 Å². The zero-order chi connectivity index (χ0) is 13.1. The number of guanidine groups is 1. The summed E-state index contributed by atoms with van der Waals surface area (Å²) in [5.41, 5.74) is 7.18. The van der Waals surface area contributed by atoms with Gasteiger partial charge in [0.15, 0.2) is 5.96 Å². The Morgan fingerprint density at radius 2 is 2.17 bits per heavy atom. The minimum absolute atomic E-state index is 0.397. The van der Waals surface area contributed by atoms with Crippen LogP contribution in [0.25, 0.3) is 0 Å². The topological polar surface area (TPSA) is 41.6 Å².